The molecule has 1 aliphatic rings. The van der Waals surface area contributed by atoms with Crippen molar-refractivity contribution in [2.75, 3.05) is 44.2 Å². The molecule has 2 rings (SSSR count). The number of anilines is 1. The minimum absolute atomic E-state index is 0.104. The fraction of sp³-hybridized carbons (Fsp3) is 0.688. The second kappa shape index (κ2) is 8.08. The van der Waals surface area contributed by atoms with Gasteiger partial charge in [0.05, 0.1) is 0 Å². The molecule has 1 aliphatic heterocycles. The molecule has 6 nitrogen and oxygen atoms in total. The number of piperazine rings is 1. The smallest absolute Gasteiger partial charge is 0.270 e. The molecule has 0 saturated carbocycles. The summed E-state index contributed by atoms with van der Waals surface area (Å²) in [5.41, 5.74) is 0.469. The average Bonchev–Trinajstić information content (AvgIpc) is 2.54. The molecule has 0 aromatic carbocycles. The van der Waals surface area contributed by atoms with Gasteiger partial charge in [0, 0.05) is 38.8 Å². The van der Waals surface area contributed by atoms with Crippen LogP contribution < -0.4 is 10.2 Å². The van der Waals surface area contributed by atoms with Gasteiger partial charge in [-0.3, -0.25) is 4.79 Å². The lowest BCUT2D eigenvalue weighted by atomic mass is 10.2. The molecule has 122 valence electrons. The lowest BCUT2D eigenvalue weighted by Gasteiger charge is -2.34. The molecule has 0 spiro atoms. The normalized spacial score (nSPS) is 15.9. The van der Waals surface area contributed by atoms with Crippen molar-refractivity contribution in [3.8, 4) is 0 Å². The van der Waals surface area contributed by atoms with Crippen molar-refractivity contribution in [2.45, 2.75) is 33.6 Å². The zero-order valence-corrected chi connectivity index (χ0v) is 13.9. The largest absolute Gasteiger partial charge is 0.354 e. The van der Waals surface area contributed by atoms with Gasteiger partial charge >= 0.3 is 0 Å². The molecule has 6 heteroatoms. The number of carbonyl (C=O) groups excluding carboxylic acids is 1. The summed E-state index contributed by atoms with van der Waals surface area (Å²) in [5.74, 6) is 1.41. The third-order valence-corrected chi connectivity index (χ3v) is 4.02. The van der Waals surface area contributed by atoms with Crippen LogP contribution in [0.5, 0.6) is 0 Å². The van der Waals surface area contributed by atoms with Crippen molar-refractivity contribution in [1.82, 2.24) is 20.2 Å². The van der Waals surface area contributed by atoms with E-state index in [-0.39, 0.29) is 5.91 Å². The number of unbranched alkanes of at least 4 members (excludes halogenated alkanes) is 1. The molecular formula is C16H27N5O. The van der Waals surface area contributed by atoms with Crippen molar-refractivity contribution in [2.24, 2.45) is 0 Å². The van der Waals surface area contributed by atoms with E-state index in [1.54, 1.807) is 0 Å². The molecule has 0 atom stereocenters. The van der Waals surface area contributed by atoms with Crippen LogP contribution in [0.1, 0.15) is 43.0 Å². The first-order valence-electron chi connectivity index (χ1n) is 8.25. The van der Waals surface area contributed by atoms with E-state index in [9.17, 15) is 4.79 Å². The standard InChI is InChI=1S/C16H27N5O/c1-4-6-7-17-16(22)14-12-15(19-13(3)18-14)21-10-8-20(5-2)9-11-21/h12H,4-11H2,1-3H3,(H,17,22). The Hall–Kier alpha value is -1.69. The molecule has 22 heavy (non-hydrogen) atoms. The molecular weight excluding hydrogens is 278 g/mol. The predicted octanol–water partition coefficient (Wildman–Crippen LogP) is 1.46. The number of hydrogen-bond acceptors (Lipinski definition) is 5. The second-order valence-corrected chi connectivity index (χ2v) is 5.69. The number of nitrogens with zero attached hydrogens (tertiary/aromatic N) is 4. The number of rotatable bonds is 6. The average molecular weight is 305 g/mol. The summed E-state index contributed by atoms with van der Waals surface area (Å²) in [5, 5.41) is 2.92. The Morgan fingerprint density at radius 1 is 1.23 bits per heavy atom. The molecule has 1 amide bonds. The number of aromatic nitrogens is 2. The summed E-state index contributed by atoms with van der Waals surface area (Å²) in [7, 11) is 0. The van der Waals surface area contributed by atoms with Crippen molar-refractivity contribution < 1.29 is 4.79 Å². The number of amides is 1. The summed E-state index contributed by atoms with van der Waals surface area (Å²) in [6.07, 6.45) is 2.05. The van der Waals surface area contributed by atoms with Gasteiger partial charge in [-0.25, -0.2) is 9.97 Å². The lowest BCUT2D eigenvalue weighted by molar-refractivity contribution is 0.0947. The first-order valence-corrected chi connectivity index (χ1v) is 8.25. The molecule has 1 aromatic heterocycles. The van der Waals surface area contributed by atoms with Crippen LogP contribution in [0, 0.1) is 6.92 Å². The van der Waals surface area contributed by atoms with Gasteiger partial charge in [-0.2, -0.15) is 0 Å². The van der Waals surface area contributed by atoms with E-state index >= 15 is 0 Å². The molecule has 1 fully saturated rings. The van der Waals surface area contributed by atoms with Gasteiger partial charge in [-0.05, 0) is 19.9 Å². The summed E-state index contributed by atoms with van der Waals surface area (Å²) in [4.78, 5) is 25.6. The van der Waals surface area contributed by atoms with Crippen LogP contribution in [-0.2, 0) is 0 Å². The highest BCUT2D eigenvalue weighted by molar-refractivity contribution is 5.92. The Kier molecular flexibility index (Phi) is 6.12. The fourth-order valence-electron chi connectivity index (χ4n) is 2.59. The first-order chi connectivity index (χ1) is 10.6. The Labute approximate surface area is 132 Å². The van der Waals surface area contributed by atoms with Crippen LogP contribution in [0.15, 0.2) is 6.07 Å². The van der Waals surface area contributed by atoms with Gasteiger partial charge in [-0.15, -0.1) is 0 Å². The molecule has 2 heterocycles. The third-order valence-electron chi connectivity index (χ3n) is 4.02. The van der Waals surface area contributed by atoms with E-state index in [4.69, 9.17) is 0 Å². The highest BCUT2D eigenvalue weighted by Crippen LogP contribution is 2.15. The maximum atomic E-state index is 12.2. The molecule has 1 N–H and O–H groups in total. The molecule has 0 unspecified atom stereocenters. The van der Waals surface area contributed by atoms with Crippen LogP contribution in [-0.4, -0.2) is 60.0 Å². The monoisotopic (exact) mass is 305 g/mol. The number of likely N-dealkylation sites (N-methyl/N-ethyl adjacent to an activating group) is 1. The van der Waals surface area contributed by atoms with Crippen molar-refractivity contribution in [3.05, 3.63) is 17.6 Å². The summed E-state index contributed by atoms with van der Waals surface area (Å²) in [6.45, 7) is 11.9. The number of hydrogen-bond donors (Lipinski definition) is 1. The number of aryl methyl sites for hydroxylation is 1. The third kappa shape index (κ3) is 4.40. The number of nitrogens with one attached hydrogen (secondary N) is 1. The van der Waals surface area contributed by atoms with Gasteiger partial charge < -0.3 is 15.1 Å². The number of carbonyl (C=O) groups is 1. The predicted molar refractivity (Wildman–Crippen MR) is 88.3 cm³/mol. The molecule has 1 saturated heterocycles. The molecule has 1 aromatic rings. The van der Waals surface area contributed by atoms with Gasteiger partial charge in [0.25, 0.3) is 5.91 Å². The highest BCUT2D eigenvalue weighted by atomic mass is 16.1. The van der Waals surface area contributed by atoms with E-state index in [1.165, 1.54) is 0 Å². The zero-order chi connectivity index (χ0) is 15.9. The van der Waals surface area contributed by atoms with Gasteiger partial charge in [-0.1, -0.05) is 20.3 Å². The van der Waals surface area contributed by atoms with Crippen molar-refractivity contribution in [3.63, 3.8) is 0 Å². The Balaban J connectivity index is 2.05. The summed E-state index contributed by atoms with van der Waals surface area (Å²) >= 11 is 0. The fourth-order valence-corrected chi connectivity index (χ4v) is 2.59. The van der Waals surface area contributed by atoms with Crippen LogP contribution in [0.2, 0.25) is 0 Å². The minimum Gasteiger partial charge on any atom is -0.354 e. The minimum atomic E-state index is -0.104. The molecule has 0 radical (unpaired) electrons. The Morgan fingerprint density at radius 3 is 2.59 bits per heavy atom. The SMILES string of the molecule is CCCCNC(=O)c1cc(N2CCN(CC)CC2)nc(C)n1. The van der Waals surface area contributed by atoms with Crippen molar-refractivity contribution in [1.29, 1.82) is 0 Å². The van der Waals surface area contributed by atoms with E-state index < -0.39 is 0 Å². The summed E-state index contributed by atoms with van der Waals surface area (Å²) in [6, 6.07) is 1.82. The second-order valence-electron chi connectivity index (χ2n) is 5.69. The lowest BCUT2D eigenvalue weighted by Crippen LogP contribution is -2.46. The van der Waals surface area contributed by atoms with E-state index in [0.29, 0.717) is 18.1 Å². The van der Waals surface area contributed by atoms with E-state index in [0.717, 1.165) is 51.4 Å². The van der Waals surface area contributed by atoms with E-state index in [2.05, 4.69) is 38.9 Å². The van der Waals surface area contributed by atoms with Crippen LogP contribution in [0.25, 0.3) is 0 Å². The van der Waals surface area contributed by atoms with Crippen LogP contribution in [0.4, 0.5) is 5.82 Å². The molecule has 0 aliphatic carbocycles. The van der Waals surface area contributed by atoms with Crippen LogP contribution in [0.3, 0.4) is 0 Å². The van der Waals surface area contributed by atoms with Gasteiger partial charge in [0.15, 0.2) is 0 Å². The highest BCUT2D eigenvalue weighted by Gasteiger charge is 2.19. The van der Waals surface area contributed by atoms with Crippen molar-refractivity contribution >= 4 is 11.7 Å². The maximum Gasteiger partial charge on any atom is 0.270 e. The summed E-state index contributed by atoms with van der Waals surface area (Å²) < 4.78 is 0. The molecule has 0 bridgehead atoms. The maximum absolute atomic E-state index is 12.2. The Bertz CT molecular complexity index is 497. The van der Waals surface area contributed by atoms with Crippen LogP contribution >= 0.6 is 0 Å². The van der Waals surface area contributed by atoms with Gasteiger partial charge in [0.1, 0.15) is 17.3 Å². The zero-order valence-electron chi connectivity index (χ0n) is 13.9. The quantitative estimate of drug-likeness (QED) is 0.806. The topological polar surface area (TPSA) is 61.4 Å². The Morgan fingerprint density at radius 2 is 1.95 bits per heavy atom. The first kappa shape index (κ1) is 16.7. The van der Waals surface area contributed by atoms with E-state index in [1.807, 2.05) is 13.0 Å². The van der Waals surface area contributed by atoms with Gasteiger partial charge in [0.2, 0.25) is 0 Å².